The molecule has 0 atom stereocenters. The zero-order valence-corrected chi connectivity index (χ0v) is 11.0. The molecule has 102 valence electrons. The molecule has 0 amide bonds. The Bertz CT molecular complexity index is 588. The highest BCUT2D eigenvalue weighted by Crippen LogP contribution is 2.13. The van der Waals surface area contributed by atoms with Crippen molar-refractivity contribution < 1.29 is 19.1 Å². The fraction of sp³-hybridized carbons (Fsp3) is 0.125. The van der Waals surface area contributed by atoms with Gasteiger partial charge in [-0.25, -0.2) is 0 Å². The molecule has 0 heterocycles. The van der Waals surface area contributed by atoms with Gasteiger partial charge in [0.1, 0.15) is 17.9 Å². The topological polar surface area (TPSA) is 52.6 Å². The fourth-order valence-corrected chi connectivity index (χ4v) is 1.55. The van der Waals surface area contributed by atoms with Crippen LogP contribution < -0.4 is 9.47 Å². The summed E-state index contributed by atoms with van der Waals surface area (Å²) in [7, 11) is 0. The van der Waals surface area contributed by atoms with Gasteiger partial charge < -0.3 is 9.47 Å². The molecule has 0 radical (unpaired) electrons. The Morgan fingerprint density at radius 2 is 1.30 bits per heavy atom. The molecule has 0 saturated heterocycles. The Hall–Kier alpha value is -2.62. The molecule has 0 aliphatic heterocycles. The minimum absolute atomic E-state index is 0.403. The maximum absolute atomic E-state index is 11.6. The lowest BCUT2D eigenvalue weighted by molar-refractivity contribution is -0.144. The summed E-state index contributed by atoms with van der Waals surface area (Å²) < 4.78 is 10.0. The van der Waals surface area contributed by atoms with E-state index in [-0.39, 0.29) is 0 Å². The van der Waals surface area contributed by atoms with Crippen molar-refractivity contribution in [2.75, 3.05) is 0 Å². The van der Waals surface area contributed by atoms with Crippen molar-refractivity contribution in [1.82, 2.24) is 0 Å². The number of esters is 2. The van der Waals surface area contributed by atoms with Crippen molar-refractivity contribution >= 4 is 11.9 Å². The van der Waals surface area contributed by atoms with Gasteiger partial charge in [-0.2, -0.15) is 0 Å². The summed E-state index contributed by atoms with van der Waals surface area (Å²) >= 11 is 0. The van der Waals surface area contributed by atoms with E-state index in [1.807, 2.05) is 25.1 Å². The summed E-state index contributed by atoms with van der Waals surface area (Å²) in [6, 6.07) is 15.6. The lowest BCUT2D eigenvalue weighted by Gasteiger charge is -2.05. The van der Waals surface area contributed by atoms with Gasteiger partial charge in [-0.1, -0.05) is 35.9 Å². The quantitative estimate of drug-likeness (QED) is 0.487. The second kappa shape index (κ2) is 6.52. The number of carbonyl (C=O) groups excluding carboxylic acids is 2. The van der Waals surface area contributed by atoms with Crippen LogP contribution in [0.2, 0.25) is 0 Å². The third kappa shape index (κ3) is 4.24. The van der Waals surface area contributed by atoms with E-state index in [4.69, 9.17) is 9.47 Å². The van der Waals surface area contributed by atoms with Crippen molar-refractivity contribution in [1.29, 1.82) is 0 Å². The number of hydrogen-bond acceptors (Lipinski definition) is 4. The standard InChI is InChI=1S/C16H14O4/c1-12-7-9-14(10-8-12)20-16(18)11-15(17)19-13-5-3-2-4-6-13/h2-10H,11H2,1H3. The molecule has 0 fully saturated rings. The molecule has 4 nitrogen and oxygen atoms in total. The summed E-state index contributed by atoms with van der Waals surface area (Å²) in [6.07, 6.45) is -0.428. The highest BCUT2D eigenvalue weighted by Gasteiger charge is 2.13. The molecule has 0 N–H and O–H groups in total. The number of hydrogen-bond donors (Lipinski definition) is 0. The number of benzene rings is 2. The van der Waals surface area contributed by atoms with E-state index in [9.17, 15) is 9.59 Å². The molecule has 2 rings (SSSR count). The maximum atomic E-state index is 11.6. The van der Waals surface area contributed by atoms with E-state index in [2.05, 4.69) is 0 Å². The van der Waals surface area contributed by atoms with Crippen LogP contribution in [0.5, 0.6) is 11.5 Å². The highest BCUT2D eigenvalue weighted by molar-refractivity contribution is 5.93. The monoisotopic (exact) mass is 270 g/mol. The maximum Gasteiger partial charge on any atom is 0.322 e. The van der Waals surface area contributed by atoms with Crippen molar-refractivity contribution in [3.8, 4) is 11.5 Å². The lowest BCUT2D eigenvalue weighted by Crippen LogP contribution is -2.18. The van der Waals surface area contributed by atoms with Gasteiger partial charge in [-0.15, -0.1) is 0 Å². The van der Waals surface area contributed by atoms with Crippen molar-refractivity contribution in [3.63, 3.8) is 0 Å². The number of rotatable bonds is 4. The second-order valence-electron chi connectivity index (χ2n) is 4.25. The van der Waals surface area contributed by atoms with E-state index in [1.165, 1.54) is 0 Å². The Morgan fingerprint density at radius 3 is 1.85 bits per heavy atom. The normalized spacial score (nSPS) is 9.85. The first-order chi connectivity index (χ1) is 9.63. The van der Waals surface area contributed by atoms with Crippen molar-refractivity contribution in [2.24, 2.45) is 0 Å². The zero-order valence-electron chi connectivity index (χ0n) is 11.0. The predicted octanol–water partition coefficient (Wildman–Crippen LogP) is 2.90. The molecule has 20 heavy (non-hydrogen) atoms. The van der Waals surface area contributed by atoms with Crippen LogP contribution in [0.15, 0.2) is 54.6 Å². The molecule has 0 unspecified atom stereocenters. The molecule has 0 bridgehead atoms. The minimum atomic E-state index is -0.645. The molecular formula is C16H14O4. The summed E-state index contributed by atoms with van der Waals surface area (Å²) in [6.45, 7) is 1.93. The Balaban J connectivity index is 1.85. The largest absolute Gasteiger partial charge is 0.426 e. The van der Waals surface area contributed by atoms with Gasteiger partial charge in [0.2, 0.25) is 0 Å². The third-order valence-corrected chi connectivity index (χ3v) is 2.52. The first-order valence-corrected chi connectivity index (χ1v) is 6.16. The Morgan fingerprint density at radius 1 is 0.800 bits per heavy atom. The van der Waals surface area contributed by atoms with E-state index in [0.29, 0.717) is 11.5 Å². The van der Waals surface area contributed by atoms with E-state index >= 15 is 0 Å². The van der Waals surface area contributed by atoms with Crippen molar-refractivity contribution in [3.05, 3.63) is 60.2 Å². The van der Waals surface area contributed by atoms with E-state index in [1.54, 1.807) is 36.4 Å². The Labute approximate surface area is 116 Å². The molecule has 2 aromatic rings. The fourth-order valence-electron chi connectivity index (χ4n) is 1.55. The molecule has 0 saturated carbocycles. The van der Waals surface area contributed by atoms with Gasteiger partial charge in [-0.05, 0) is 31.2 Å². The van der Waals surface area contributed by atoms with E-state index < -0.39 is 18.4 Å². The van der Waals surface area contributed by atoms with Crippen molar-refractivity contribution in [2.45, 2.75) is 13.3 Å². The first-order valence-electron chi connectivity index (χ1n) is 6.16. The van der Waals surface area contributed by atoms with Gasteiger partial charge in [0.25, 0.3) is 0 Å². The summed E-state index contributed by atoms with van der Waals surface area (Å²) in [5.41, 5.74) is 1.06. The molecule has 2 aromatic carbocycles. The van der Waals surface area contributed by atoms with Crippen LogP contribution in [0, 0.1) is 6.92 Å². The van der Waals surface area contributed by atoms with Crippen LogP contribution in [0.25, 0.3) is 0 Å². The van der Waals surface area contributed by atoms with Crippen LogP contribution in [-0.4, -0.2) is 11.9 Å². The van der Waals surface area contributed by atoms with Gasteiger partial charge in [0.05, 0.1) is 0 Å². The highest BCUT2D eigenvalue weighted by atomic mass is 16.6. The third-order valence-electron chi connectivity index (χ3n) is 2.52. The minimum Gasteiger partial charge on any atom is -0.426 e. The molecule has 0 aliphatic carbocycles. The summed E-state index contributed by atoms with van der Waals surface area (Å²) in [4.78, 5) is 23.1. The zero-order chi connectivity index (χ0) is 14.4. The molecule has 0 aliphatic rings. The molecule has 0 spiro atoms. The lowest BCUT2D eigenvalue weighted by atomic mass is 10.2. The van der Waals surface area contributed by atoms with Gasteiger partial charge in [0, 0.05) is 0 Å². The molecule has 0 aromatic heterocycles. The summed E-state index contributed by atoms with van der Waals surface area (Å²) in [5, 5.41) is 0. The summed E-state index contributed by atoms with van der Waals surface area (Å²) in [5.74, 6) is -0.475. The molecular weight excluding hydrogens is 256 g/mol. The van der Waals surface area contributed by atoms with Crippen LogP contribution in [0.3, 0.4) is 0 Å². The first kappa shape index (κ1) is 13.8. The van der Waals surface area contributed by atoms with Gasteiger partial charge in [-0.3, -0.25) is 9.59 Å². The SMILES string of the molecule is Cc1ccc(OC(=O)CC(=O)Oc2ccccc2)cc1. The van der Waals surface area contributed by atoms with Crippen LogP contribution in [-0.2, 0) is 9.59 Å². The number of para-hydroxylation sites is 1. The molecule has 4 heteroatoms. The van der Waals surface area contributed by atoms with Crippen LogP contribution in [0.1, 0.15) is 12.0 Å². The average Bonchev–Trinajstić information content (AvgIpc) is 2.42. The number of ether oxygens (including phenoxy) is 2. The van der Waals surface area contributed by atoms with Crippen LogP contribution >= 0.6 is 0 Å². The second-order valence-corrected chi connectivity index (χ2v) is 4.25. The van der Waals surface area contributed by atoms with Gasteiger partial charge in [0.15, 0.2) is 0 Å². The average molecular weight is 270 g/mol. The Kier molecular flexibility index (Phi) is 4.50. The van der Waals surface area contributed by atoms with Gasteiger partial charge >= 0.3 is 11.9 Å². The smallest absolute Gasteiger partial charge is 0.322 e. The number of aryl methyl sites for hydroxylation is 1. The predicted molar refractivity (Wildman–Crippen MR) is 73.5 cm³/mol. The van der Waals surface area contributed by atoms with E-state index in [0.717, 1.165) is 5.56 Å². The number of carbonyl (C=O) groups is 2. The van der Waals surface area contributed by atoms with Crippen LogP contribution in [0.4, 0.5) is 0 Å².